The number of alkyl halides is 3. The highest BCUT2D eigenvalue weighted by molar-refractivity contribution is 5.95. The predicted octanol–water partition coefficient (Wildman–Crippen LogP) is 4.37. The van der Waals surface area contributed by atoms with Crippen molar-refractivity contribution in [2.24, 2.45) is 23.3 Å². The number of para-hydroxylation sites is 1. The Morgan fingerprint density at radius 3 is 2.21 bits per heavy atom. The zero-order valence-electron chi connectivity index (χ0n) is 26.8. The molecule has 1 saturated heterocycles. The number of nitrogens with zero attached hydrogens (tertiary/aromatic N) is 2. The summed E-state index contributed by atoms with van der Waals surface area (Å²) in [5, 5.41) is 18.3. The highest BCUT2D eigenvalue weighted by atomic mass is 19.4. The molecular weight excluding hydrogens is 611 g/mol. The van der Waals surface area contributed by atoms with Gasteiger partial charge in [0.15, 0.2) is 5.96 Å². The number of halogens is 3. The molecule has 2 unspecified atom stereocenters. The number of ether oxygens (including phenoxy) is 1. The second-order valence-electron chi connectivity index (χ2n) is 12.6. The summed E-state index contributed by atoms with van der Waals surface area (Å²) in [6.45, 7) is 1.03. The van der Waals surface area contributed by atoms with E-state index >= 15 is 0 Å². The van der Waals surface area contributed by atoms with E-state index in [9.17, 15) is 22.8 Å². The van der Waals surface area contributed by atoms with Crippen molar-refractivity contribution in [3.05, 3.63) is 65.2 Å². The molecule has 0 spiro atoms. The van der Waals surface area contributed by atoms with Gasteiger partial charge in [0.2, 0.25) is 5.91 Å². The van der Waals surface area contributed by atoms with Crippen LogP contribution < -0.4 is 21.5 Å². The molecule has 47 heavy (non-hydrogen) atoms. The molecule has 1 aliphatic heterocycles. The smallest absolute Gasteiger partial charge is 0.471 e. The second kappa shape index (κ2) is 16.0. The number of nitrogens with two attached hydrogens (primary N) is 2. The van der Waals surface area contributed by atoms with E-state index in [0.717, 1.165) is 29.7 Å². The standard InChI is InChI=1S/C34H46F3N7O3/c1-47-28-10-6-5-9-27(28)26(19-22-11-13-25(14-12-22)30(38)39)21-44(32(46)34(35,36)37)29(24-7-3-2-4-8-24)31(45)42-20-23-15-17-43(18-16-23)33(40)41/h5-6,9-14,23-24,26,29H,2-4,7-8,15-21H2,1H3,(H3,38,39)(H3,40,41)(H,42,45). The van der Waals surface area contributed by atoms with Crippen molar-refractivity contribution < 1.29 is 27.5 Å². The van der Waals surface area contributed by atoms with Crippen LogP contribution in [0, 0.1) is 22.7 Å². The Labute approximate surface area is 274 Å². The first-order valence-corrected chi connectivity index (χ1v) is 16.2. The SMILES string of the molecule is COc1ccccc1C(Cc1ccc(C(=N)N)cc1)CN(C(=O)C(F)(F)F)C(C(=O)NCC1CCN(C(=N)N)CC1)C1CCCCC1. The number of carbonyl (C=O) groups excluding carboxylic acids is 2. The molecule has 0 bridgehead atoms. The maximum Gasteiger partial charge on any atom is 0.471 e. The van der Waals surface area contributed by atoms with Crippen molar-refractivity contribution in [1.29, 1.82) is 10.8 Å². The molecule has 4 rings (SSSR count). The molecule has 7 N–H and O–H groups in total. The number of benzene rings is 2. The average molecular weight is 658 g/mol. The van der Waals surface area contributed by atoms with E-state index in [-0.39, 0.29) is 37.2 Å². The minimum Gasteiger partial charge on any atom is -0.496 e. The van der Waals surface area contributed by atoms with Crippen LogP contribution >= 0.6 is 0 Å². The number of rotatable bonds is 12. The number of methoxy groups -OCH3 is 1. The number of piperidine rings is 1. The van der Waals surface area contributed by atoms with Gasteiger partial charge in [-0.15, -0.1) is 0 Å². The number of hydrogen-bond acceptors (Lipinski definition) is 5. The molecule has 1 aliphatic carbocycles. The summed E-state index contributed by atoms with van der Waals surface area (Å²) in [6, 6.07) is 12.6. The topological polar surface area (TPSA) is 162 Å². The van der Waals surface area contributed by atoms with Crippen LogP contribution in [0.2, 0.25) is 0 Å². The third-order valence-corrected chi connectivity index (χ3v) is 9.47. The van der Waals surface area contributed by atoms with E-state index in [1.54, 1.807) is 53.4 Å². The van der Waals surface area contributed by atoms with E-state index in [0.29, 0.717) is 55.6 Å². The van der Waals surface area contributed by atoms with Gasteiger partial charge in [0.1, 0.15) is 17.6 Å². The first-order valence-electron chi connectivity index (χ1n) is 16.2. The summed E-state index contributed by atoms with van der Waals surface area (Å²) in [5.41, 5.74) is 13.1. The number of nitrogens with one attached hydrogen (secondary N) is 3. The third-order valence-electron chi connectivity index (χ3n) is 9.47. The van der Waals surface area contributed by atoms with Gasteiger partial charge in [-0.05, 0) is 61.1 Å². The molecule has 256 valence electrons. The van der Waals surface area contributed by atoms with Gasteiger partial charge in [0.25, 0.3) is 0 Å². The Morgan fingerprint density at radius 2 is 1.64 bits per heavy atom. The number of amides is 2. The first-order chi connectivity index (χ1) is 22.4. The summed E-state index contributed by atoms with van der Waals surface area (Å²) in [5.74, 6) is -3.27. The van der Waals surface area contributed by atoms with Crippen molar-refractivity contribution in [2.75, 3.05) is 33.3 Å². The number of hydrogen-bond donors (Lipinski definition) is 5. The fraction of sp³-hybridized carbons (Fsp3) is 0.529. The molecular formula is C34H46F3N7O3. The van der Waals surface area contributed by atoms with Crippen LogP contribution in [0.1, 0.15) is 67.6 Å². The van der Waals surface area contributed by atoms with Gasteiger partial charge < -0.3 is 31.3 Å². The summed E-state index contributed by atoms with van der Waals surface area (Å²) < 4.78 is 48.8. The van der Waals surface area contributed by atoms with Crippen LogP contribution in [-0.2, 0) is 16.0 Å². The van der Waals surface area contributed by atoms with Gasteiger partial charge in [-0.25, -0.2) is 0 Å². The average Bonchev–Trinajstić information content (AvgIpc) is 3.06. The minimum atomic E-state index is -5.19. The van der Waals surface area contributed by atoms with E-state index in [2.05, 4.69) is 5.32 Å². The Bertz CT molecular complexity index is 1390. The van der Waals surface area contributed by atoms with Crippen LogP contribution in [0.15, 0.2) is 48.5 Å². The summed E-state index contributed by atoms with van der Waals surface area (Å²) in [7, 11) is 1.48. The van der Waals surface area contributed by atoms with E-state index in [4.69, 9.17) is 27.0 Å². The van der Waals surface area contributed by atoms with Gasteiger partial charge in [-0.1, -0.05) is 61.7 Å². The maximum atomic E-state index is 14.4. The number of nitrogen functional groups attached to an aromatic ring is 1. The number of amidine groups is 1. The Hall–Kier alpha value is -4.29. The molecule has 13 heteroatoms. The van der Waals surface area contributed by atoms with Gasteiger partial charge in [0.05, 0.1) is 7.11 Å². The van der Waals surface area contributed by atoms with Gasteiger partial charge >= 0.3 is 12.1 Å². The largest absolute Gasteiger partial charge is 0.496 e. The predicted molar refractivity (Wildman–Crippen MR) is 174 cm³/mol. The molecule has 2 aromatic rings. The Morgan fingerprint density at radius 1 is 1.00 bits per heavy atom. The van der Waals surface area contributed by atoms with Gasteiger partial charge in [0, 0.05) is 37.7 Å². The monoisotopic (exact) mass is 657 g/mol. The molecule has 2 aromatic carbocycles. The summed E-state index contributed by atoms with van der Waals surface area (Å²) >= 11 is 0. The van der Waals surface area contributed by atoms with Crippen LogP contribution in [0.5, 0.6) is 5.75 Å². The van der Waals surface area contributed by atoms with Crippen LogP contribution in [0.3, 0.4) is 0 Å². The highest BCUT2D eigenvalue weighted by Crippen LogP contribution is 2.36. The number of carbonyl (C=O) groups is 2. The zero-order valence-corrected chi connectivity index (χ0v) is 26.8. The second-order valence-corrected chi connectivity index (χ2v) is 12.6. The Balaban J connectivity index is 1.68. The number of guanidine groups is 1. The van der Waals surface area contributed by atoms with Crippen molar-refractivity contribution in [1.82, 2.24) is 15.1 Å². The quantitative estimate of drug-likeness (QED) is 0.168. The lowest BCUT2D eigenvalue weighted by Crippen LogP contribution is -2.58. The fourth-order valence-electron chi connectivity index (χ4n) is 6.89. The lowest BCUT2D eigenvalue weighted by molar-refractivity contribution is -0.190. The molecule has 2 aliphatic rings. The molecule has 0 radical (unpaired) electrons. The van der Waals surface area contributed by atoms with Crippen LogP contribution in [0.4, 0.5) is 13.2 Å². The molecule has 2 amide bonds. The van der Waals surface area contributed by atoms with E-state index in [1.807, 2.05) is 0 Å². The zero-order chi connectivity index (χ0) is 34.1. The van der Waals surface area contributed by atoms with Crippen molar-refractivity contribution in [3.63, 3.8) is 0 Å². The maximum absolute atomic E-state index is 14.4. The lowest BCUT2D eigenvalue weighted by Gasteiger charge is -2.40. The number of likely N-dealkylation sites (tertiary alicyclic amines) is 1. The third kappa shape index (κ3) is 9.39. The molecule has 2 fully saturated rings. The highest BCUT2D eigenvalue weighted by Gasteiger charge is 2.49. The van der Waals surface area contributed by atoms with E-state index in [1.165, 1.54) is 7.11 Å². The summed E-state index contributed by atoms with van der Waals surface area (Å²) in [4.78, 5) is 29.9. The van der Waals surface area contributed by atoms with Crippen molar-refractivity contribution >= 4 is 23.6 Å². The molecule has 1 saturated carbocycles. The van der Waals surface area contributed by atoms with Crippen LogP contribution in [-0.4, -0.2) is 78.9 Å². The molecule has 1 heterocycles. The van der Waals surface area contributed by atoms with Gasteiger partial charge in [-0.2, -0.15) is 13.2 Å². The van der Waals surface area contributed by atoms with Gasteiger partial charge in [-0.3, -0.25) is 20.4 Å². The minimum absolute atomic E-state index is 0.00875. The molecule has 2 atom stereocenters. The van der Waals surface area contributed by atoms with Crippen LogP contribution in [0.25, 0.3) is 0 Å². The van der Waals surface area contributed by atoms with Crippen molar-refractivity contribution in [2.45, 2.75) is 69.5 Å². The van der Waals surface area contributed by atoms with E-state index < -0.39 is 35.9 Å². The van der Waals surface area contributed by atoms with Crippen molar-refractivity contribution in [3.8, 4) is 5.75 Å². The summed E-state index contributed by atoms with van der Waals surface area (Å²) in [6.07, 6.45) is -0.0448. The molecule has 0 aromatic heterocycles. The Kier molecular flexibility index (Phi) is 12.1. The fourth-order valence-corrected chi connectivity index (χ4v) is 6.89. The molecule has 10 nitrogen and oxygen atoms in total. The normalized spacial score (nSPS) is 17.4. The lowest BCUT2D eigenvalue weighted by atomic mass is 9.81. The first kappa shape index (κ1) is 35.6.